The second-order valence-electron chi connectivity index (χ2n) is 7.35. The van der Waals surface area contributed by atoms with E-state index in [0.717, 1.165) is 4.31 Å². The number of nitrogen functional groups attached to an aromatic ring is 1. The summed E-state index contributed by atoms with van der Waals surface area (Å²) in [6, 6.07) is 12.1. The predicted octanol–water partition coefficient (Wildman–Crippen LogP) is 1.82. The Morgan fingerprint density at radius 2 is 1.76 bits per heavy atom. The number of aromatic nitrogens is 2. The molecule has 0 unspecified atom stereocenters. The van der Waals surface area contributed by atoms with Gasteiger partial charge in [0.1, 0.15) is 11.9 Å². The molecule has 1 fully saturated rings. The molecule has 9 nitrogen and oxygen atoms in total. The molecule has 2 N–H and O–H groups in total. The summed E-state index contributed by atoms with van der Waals surface area (Å²) < 4.78 is 66.1. The van der Waals surface area contributed by atoms with E-state index >= 15 is 4.39 Å². The maximum absolute atomic E-state index is 15.1. The van der Waals surface area contributed by atoms with Crippen LogP contribution < -0.4 is 5.73 Å². The highest BCUT2D eigenvalue weighted by molar-refractivity contribution is 7.92. The van der Waals surface area contributed by atoms with Gasteiger partial charge < -0.3 is 5.73 Å². The van der Waals surface area contributed by atoms with Crippen LogP contribution in [-0.4, -0.2) is 55.7 Å². The maximum atomic E-state index is 15.1. The predicted molar refractivity (Wildman–Crippen MR) is 119 cm³/mol. The van der Waals surface area contributed by atoms with Crippen LogP contribution in [0.25, 0.3) is 22.3 Å². The molecule has 170 valence electrons. The second-order valence-corrected chi connectivity index (χ2v) is 11.6. The summed E-state index contributed by atoms with van der Waals surface area (Å²) in [6.07, 6.45) is 1.25. The number of nitriles is 1. The Morgan fingerprint density at radius 3 is 2.42 bits per heavy atom. The number of benzene rings is 2. The average Bonchev–Trinajstić information content (AvgIpc) is 2.79. The molecule has 3 aromatic rings. The number of nitrogens with zero attached hydrogens (tertiary/aromatic N) is 4. The largest absolute Gasteiger partial charge is 0.368 e. The molecule has 1 aliphatic heterocycles. The first-order valence-electron chi connectivity index (χ1n) is 9.75. The second kappa shape index (κ2) is 8.51. The van der Waals surface area contributed by atoms with Crippen LogP contribution >= 0.6 is 0 Å². The summed E-state index contributed by atoms with van der Waals surface area (Å²) in [7, 11) is -7.27. The number of sulfone groups is 1. The van der Waals surface area contributed by atoms with E-state index in [1.165, 1.54) is 30.5 Å². The third-order valence-corrected chi connectivity index (χ3v) is 8.86. The Labute approximate surface area is 190 Å². The van der Waals surface area contributed by atoms with Crippen molar-refractivity contribution in [2.24, 2.45) is 0 Å². The summed E-state index contributed by atoms with van der Waals surface area (Å²) in [5.41, 5.74) is 6.20. The van der Waals surface area contributed by atoms with E-state index in [4.69, 9.17) is 5.73 Å². The third-order valence-electron chi connectivity index (χ3n) is 5.29. The lowest BCUT2D eigenvalue weighted by atomic mass is 9.99. The summed E-state index contributed by atoms with van der Waals surface area (Å²) in [5, 5.41) is 9.28. The quantitative estimate of drug-likeness (QED) is 0.586. The zero-order valence-corrected chi connectivity index (χ0v) is 18.8. The highest BCUT2D eigenvalue weighted by Crippen LogP contribution is 2.33. The van der Waals surface area contributed by atoms with Crippen LogP contribution in [-0.2, 0) is 19.9 Å². The van der Waals surface area contributed by atoms with Crippen molar-refractivity contribution in [1.29, 1.82) is 5.26 Å². The lowest BCUT2D eigenvalue weighted by molar-refractivity contribution is 0.431. The van der Waals surface area contributed by atoms with Gasteiger partial charge >= 0.3 is 0 Å². The fourth-order valence-corrected chi connectivity index (χ4v) is 6.67. The average molecular weight is 488 g/mol. The van der Waals surface area contributed by atoms with Gasteiger partial charge in [-0.15, -0.1) is 0 Å². The van der Waals surface area contributed by atoms with E-state index in [2.05, 4.69) is 9.97 Å². The molecule has 0 amide bonds. The summed E-state index contributed by atoms with van der Waals surface area (Å²) >= 11 is 0. The Bertz CT molecular complexity index is 1490. The fraction of sp³-hybridized carbons (Fsp3) is 0.190. The van der Waals surface area contributed by atoms with E-state index in [1.54, 1.807) is 18.2 Å². The minimum absolute atomic E-state index is 0.0509. The van der Waals surface area contributed by atoms with Crippen molar-refractivity contribution in [3.63, 3.8) is 0 Å². The van der Waals surface area contributed by atoms with Crippen LogP contribution in [0.5, 0.6) is 0 Å². The van der Waals surface area contributed by atoms with E-state index in [0.29, 0.717) is 5.56 Å². The molecule has 0 aliphatic carbocycles. The van der Waals surface area contributed by atoms with Crippen molar-refractivity contribution >= 4 is 25.8 Å². The molecule has 1 saturated heterocycles. The van der Waals surface area contributed by atoms with Gasteiger partial charge in [-0.2, -0.15) is 9.57 Å². The molecule has 33 heavy (non-hydrogen) atoms. The normalized spacial score (nSPS) is 16.2. The molecule has 0 spiro atoms. The van der Waals surface area contributed by atoms with Crippen LogP contribution in [0.4, 0.5) is 10.3 Å². The van der Waals surface area contributed by atoms with Crippen LogP contribution in [0.3, 0.4) is 0 Å². The molecule has 4 rings (SSSR count). The number of nitrogens with two attached hydrogens (primary N) is 1. The minimum Gasteiger partial charge on any atom is -0.368 e. The van der Waals surface area contributed by atoms with Gasteiger partial charge in [-0.3, -0.25) is 0 Å². The molecular formula is C21H18FN5O4S2. The third kappa shape index (κ3) is 4.43. The first-order valence-corrected chi connectivity index (χ1v) is 13.0. The van der Waals surface area contributed by atoms with E-state index < -0.39 is 25.7 Å². The molecule has 0 atom stereocenters. The summed E-state index contributed by atoms with van der Waals surface area (Å²) in [5.74, 6) is -1.31. The van der Waals surface area contributed by atoms with Crippen LogP contribution in [0.2, 0.25) is 0 Å². The molecule has 1 aliphatic rings. The van der Waals surface area contributed by atoms with Crippen molar-refractivity contribution in [1.82, 2.24) is 14.3 Å². The van der Waals surface area contributed by atoms with Crippen molar-refractivity contribution in [2.45, 2.75) is 4.90 Å². The molecular weight excluding hydrogens is 469 g/mol. The zero-order chi connectivity index (χ0) is 23.8. The van der Waals surface area contributed by atoms with Crippen molar-refractivity contribution in [2.75, 3.05) is 30.3 Å². The number of anilines is 1. The van der Waals surface area contributed by atoms with E-state index in [1.807, 2.05) is 6.07 Å². The molecule has 1 aromatic heterocycles. The lowest BCUT2D eigenvalue weighted by Crippen LogP contribution is -2.43. The Kier molecular flexibility index (Phi) is 5.87. The lowest BCUT2D eigenvalue weighted by Gasteiger charge is -2.27. The highest BCUT2D eigenvalue weighted by atomic mass is 32.2. The maximum Gasteiger partial charge on any atom is 0.243 e. The topological polar surface area (TPSA) is 147 Å². The summed E-state index contributed by atoms with van der Waals surface area (Å²) in [6.45, 7) is -0.277. The van der Waals surface area contributed by atoms with Gasteiger partial charge in [0.05, 0.1) is 16.4 Å². The fourth-order valence-electron chi connectivity index (χ4n) is 3.58. The van der Waals surface area contributed by atoms with Gasteiger partial charge in [-0.05, 0) is 17.7 Å². The number of rotatable bonds is 4. The molecule has 0 radical (unpaired) electrons. The number of hydrogen-bond acceptors (Lipinski definition) is 8. The van der Waals surface area contributed by atoms with Gasteiger partial charge in [0, 0.05) is 36.0 Å². The van der Waals surface area contributed by atoms with E-state index in [-0.39, 0.29) is 57.8 Å². The zero-order valence-electron chi connectivity index (χ0n) is 17.1. The SMILES string of the molecule is N#Cc1nc(N)ncc1-c1ccc(-c2ccccc2S(=O)(=O)N2CCS(=O)(=O)CC2)cc1F. The molecule has 12 heteroatoms. The Morgan fingerprint density at radius 1 is 1.06 bits per heavy atom. The number of sulfonamides is 1. The van der Waals surface area contributed by atoms with Crippen molar-refractivity contribution < 1.29 is 21.2 Å². The Hall–Kier alpha value is -3.40. The highest BCUT2D eigenvalue weighted by Gasteiger charge is 2.32. The minimum atomic E-state index is -4.01. The van der Waals surface area contributed by atoms with Crippen molar-refractivity contribution in [3.8, 4) is 28.3 Å². The molecule has 0 saturated carbocycles. The molecule has 2 aromatic carbocycles. The van der Waals surface area contributed by atoms with Gasteiger partial charge in [0.2, 0.25) is 16.0 Å². The molecule has 0 bridgehead atoms. The smallest absolute Gasteiger partial charge is 0.243 e. The first kappa shape index (κ1) is 22.8. The van der Waals surface area contributed by atoms with Gasteiger partial charge in [-0.1, -0.05) is 30.3 Å². The van der Waals surface area contributed by atoms with Gasteiger partial charge in [-0.25, -0.2) is 31.2 Å². The van der Waals surface area contributed by atoms with Crippen molar-refractivity contribution in [3.05, 3.63) is 60.2 Å². The Balaban J connectivity index is 1.75. The number of halogens is 1. The first-order chi connectivity index (χ1) is 15.6. The van der Waals surface area contributed by atoms with Crippen LogP contribution in [0, 0.1) is 17.1 Å². The standard InChI is InChI=1S/C21H18FN5O4S2/c22-18-11-14(5-6-16(18)17-13-25-21(24)26-19(17)12-23)15-3-1-2-4-20(15)33(30,31)27-7-9-32(28,29)10-8-27/h1-6,11,13H,7-10H2,(H2,24,25,26). The number of hydrogen-bond donors (Lipinski definition) is 1. The van der Waals surface area contributed by atoms with Crippen LogP contribution in [0.1, 0.15) is 5.69 Å². The monoisotopic (exact) mass is 487 g/mol. The summed E-state index contributed by atoms with van der Waals surface area (Å²) in [4.78, 5) is 7.57. The van der Waals surface area contributed by atoms with Gasteiger partial charge in [0.25, 0.3) is 0 Å². The van der Waals surface area contributed by atoms with Crippen LogP contribution in [0.15, 0.2) is 53.6 Å². The van der Waals surface area contributed by atoms with Gasteiger partial charge in [0.15, 0.2) is 15.5 Å². The van der Waals surface area contributed by atoms with E-state index in [9.17, 15) is 22.1 Å². The molecule has 2 heterocycles.